The molecule has 5 heteroatoms. The Kier molecular flexibility index (Phi) is 4.08. The number of H-pyrrole nitrogens is 1. The number of hydrogen-bond donors (Lipinski definition) is 2. The van der Waals surface area contributed by atoms with Gasteiger partial charge in [0.1, 0.15) is 0 Å². The fourth-order valence-corrected chi connectivity index (χ4v) is 2.61. The Morgan fingerprint density at radius 2 is 2.45 bits per heavy atom. The molecule has 0 aliphatic carbocycles. The lowest BCUT2D eigenvalue weighted by Crippen LogP contribution is -2.36. The van der Waals surface area contributed by atoms with Crippen molar-refractivity contribution in [1.29, 1.82) is 0 Å². The molecule has 0 aromatic carbocycles. The van der Waals surface area contributed by atoms with E-state index in [-0.39, 0.29) is 0 Å². The fraction of sp³-hybridized carbons (Fsp3) is 0.467. The number of pyridine rings is 1. The molecule has 106 valence electrons. The molecule has 2 atom stereocenters. The highest BCUT2D eigenvalue weighted by Gasteiger charge is 2.22. The van der Waals surface area contributed by atoms with E-state index in [9.17, 15) is 0 Å². The van der Waals surface area contributed by atoms with Crippen LogP contribution in [0.5, 0.6) is 0 Å². The van der Waals surface area contributed by atoms with Crippen molar-refractivity contribution in [3.05, 3.63) is 36.3 Å². The summed E-state index contributed by atoms with van der Waals surface area (Å²) in [6.45, 7) is 3.85. The number of nitrogens with zero attached hydrogens (tertiary/aromatic N) is 2. The summed E-state index contributed by atoms with van der Waals surface area (Å²) >= 11 is 0. The molecular weight excluding hydrogens is 252 g/mol. The molecule has 0 amide bonds. The van der Waals surface area contributed by atoms with Crippen LogP contribution in [0, 0.1) is 0 Å². The molecule has 1 aliphatic rings. The number of nitrogens with one attached hydrogen (secondary N) is 2. The topological polar surface area (TPSA) is 62.8 Å². The van der Waals surface area contributed by atoms with Crippen LogP contribution in [0.3, 0.4) is 0 Å². The van der Waals surface area contributed by atoms with E-state index < -0.39 is 0 Å². The van der Waals surface area contributed by atoms with Crippen molar-refractivity contribution in [1.82, 2.24) is 20.5 Å². The second-order valence-corrected chi connectivity index (χ2v) is 5.23. The molecule has 20 heavy (non-hydrogen) atoms. The summed E-state index contributed by atoms with van der Waals surface area (Å²) in [5, 5.41) is 10.7. The maximum Gasteiger partial charge on any atom is 0.0726 e. The van der Waals surface area contributed by atoms with Crippen LogP contribution in [0.2, 0.25) is 0 Å². The highest BCUT2D eigenvalue weighted by molar-refractivity contribution is 5.61. The molecule has 0 spiro atoms. The van der Waals surface area contributed by atoms with Gasteiger partial charge in [-0.1, -0.05) is 0 Å². The molecule has 1 saturated heterocycles. The third-order valence-corrected chi connectivity index (χ3v) is 3.81. The summed E-state index contributed by atoms with van der Waals surface area (Å²) in [6.07, 6.45) is 8.15. The van der Waals surface area contributed by atoms with Crippen molar-refractivity contribution >= 4 is 0 Å². The summed E-state index contributed by atoms with van der Waals surface area (Å²) < 4.78 is 5.70. The standard InChI is InChI=1S/C15H20N4O/c1-11(14-5-3-7-20-14)17-9-13-10-18-19-15(13)12-4-2-6-16-8-12/h2,4,6,8,10-11,14,17H,3,5,7,9H2,1H3,(H,18,19). The molecule has 0 bridgehead atoms. The molecular formula is C15H20N4O. The highest BCUT2D eigenvalue weighted by atomic mass is 16.5. The van der Waals surface area contributed by atoms with E-state index >= 15 is 0 Å². The van der Waals surface area contributed by atoms with E-state index in [4.69, 9.17) is 4.74 Å². The maximum absolute atomic E-state index is 5.70. The molecule has 1 fully saturated rings. The third kappa shape index (κ3) is 2.89. The Balaban J connectivity index is 1.65. The average molecular weight is 272 g/mol. The van der Waals surface area contributed by atoms with Gasteiger partial charge in [-0.2, -0.15) is 5.10 Å². The zero-order valence-corrected chi connectivity index (χ0v) is 11.7. The molecule has 2 unspecified atom stereocenters. The van der Waals surface area contributed by atoms with E-state index in [0.29, 0.717) is 12.1 Å². The van der Waals surface area contributed by atoms with Crippen LogP contribution < -0.4 is 5.32 Å². The van der Waals surface area contributed by atoms with Gasteiger partial charge in [-0.25, -0.2) is 0 Å². The zero-order valence-electron chi connectivity index (χ0n) is 11.7. The van der Waals surface area contributed by atoms with Crippen molar-refractivity contribution in [2.75, 3.05) is 6.61 Å². The minimum atomic E-state index is 0.337. The summed E-state index contributed by atoms with van der Waals surface area (Å²) in [4.78, 5) is 4.15. The summed E-state index contributed by atoms with van der Waals surface area (Å²) in [6, 6.07) is 4.32. The van der Waals surface area contributed by atoms with Crippen LogP contribution in [-0.4, -0.2) is 33.9 Å². The number of aromatic amines is 1. The van der Waals surface area contributed by atoms with E-state index in [2.05, 4.69) is 27.4 Å². The Hall–Kier alpha value is -1.72. The van der Waals surface area contributed by atoms with Gasteiger partial charge in [0.05, 0.1) is 18.0 Å². The Bertz CT molecular complexity index is 534. The molecule has 3 rings (SSSR count). The number of aromatic nitrogens is 3. The Labute approximate surface area is 118 Å². The van der Waals surface area contributed by atoms with Crippen molar-refractivity contribution < 1.29 is 4.74 Å². The molecule has 2 aromatic heterocycles. The molecule has 2 N–H and O–H groups in total. The van der Waals surface area contributed by atoms with E-state index in [0.717, 1.165) is 36.4 Å². The average Bonchev–Trinajstić information content (AvgIpc) is 3.17. The monoisotopic (exact) mass is 272 g/mol. The first-order valence-corrected chi connectivity index (χ1v) is 7.12. The van der Waals surface area contributed by atoms with Crippen LogP contribution in [0.15, 0.2) is 30.7 Å². The van der Waals surface area contributed by atoms with E-state index in [1.165, 1.54) is 6.42 Å². The van der Waals surface area contributed by atoms with Gasteiger partial charge in [0.25, 0.3) is 0 Å². The van der Waals surface area contributed by atoms with Crippen LogP contribution in [0.4, 0.5) is 0 Å². The summed E-state index contributed by atoms with van der Waals surface area (Å²) in [5.74, 6) is 0. The van der Waals surface area contributed by atoms with Gasteiger partial charge in [0.15, 0.2) is 0 Å². The Morgan fingerprint density at radius 3 is 3.20 bits per heavy atom. The molecule has 0 radical (unpaired) electrons. The van der Waals surface area contributed by atoms with E-state index in [1.807, 2.05) is 24.5 Å². The lowest BCUT2D eigenvalue weighted by Gasteiger charge is -2.20. The second kappa shape index (κ2) is 6.15. The van der Waals surface area contributed by atoms with Crippen LogP contribution in [0.25, 0.3) is 11.3 Å². The summed E-state index contributed by atoms with van der Waals surface area (Å²) in [5.41, 5.74) is 3.25. The van der Waals surface area contributed by atoms with Crippen molar-refractivity contribution in [3.8, 4) is 11.3 Å². The van der Waals surface area contributed by atoms with Gasteiger partial charge >= 0.3 is 0 Å². The normalized spacial score (nSPS) is 20.1. The maximum atomic E-state index is 5.70. The highest BCUT2D eigenvalue weighted by Crippen LogP contribution is 2.20. The minimum absolute atomic E-state index is 0.337. The molecule has 3 heterocycles. The predicted octanol–water partition coefficient (Wildman–Crippen LogP) is 2.13. The molecule has 1 aliphatic heterocycles. The Morgan fingerprint density at radius 1 is 1.50 bits per heavy atom. The SMILES string of the molecule is CC(NCc1cn[nH]c1-c1cccnc1)C1CCCO1. The van der Waals surface area contributed by atoms with E-state index in [1.54, 1.807) is 6.20 Å². The summed E-state index contributed by atoms with van der Waals surface area (Å²) in [7, 11) is 0. The van der Waals surface area contributed by atoms with Crippen LogP contribution >= 0.6 is 0 Å². The first-order chi connectivity index (χ1) is 9.84. The van der Waals surface area contributed by atoms with Gasteiger partial charge in [-0.15, -0.1) is 0 Å². The first-order valence-electron chi connectivity index (χ1n) is 7.12. The predicted molar refractivity (Wildman–Crippen MR) is 77.1 cm³/mol. The zero-order chi connectivity index (χ0) is 13.8. The molecule has 5 nitrogen and oxygen atoms in total. The number of ether oxygens (including phenoxy) is 1. The largest absolute Gasteiger partial charge is 0.377 e. The number of hydrogen-bond acceptors (Lipinski definition) is 4. The van der Waals surface area contributed by atoms with Crippen LogP contribution in [0.1, 0.15) is 25.3 Å². The van der Waals surface area contributed by atoms with Gasteiger partial charge in [-0.05, 0) is 31.9 Å². The lowest BCUT2D eigenvalue weighted by atomic mass is 10.1. The number of rotatable bonds is 5. The van der Waals surface area contributed by atoms with Crippen molar-refractivity contribution in [3.63, 3.8) is 0 Å². The minimum Gasteiger partial charge on any atom is -0.377 e. The first kappa shape index (κ1) is 13.3. The van der Waals surface area contributed by atoms with Gasteiger partial charge in [0.2, 0.25) is 0 Å². The molecule has 0 saturated carbocycles. The lowest BCUT2D eigenvalue weighted by molar-refractivity contribution is 0.0832. The third-order valence-electron chi connectivity index (χ3n) is 3.81. The van der Waals surface area contributed by atoms with Gasteiger partial charge < -0.3 is 10.1 Å². The van der Waals surface area contributed by atoms with Crippen molar-refractivity contribution in [2.45, 2.75) is 38.5 Å². The second-order valence-electron chi connectivity index (χ2n) is 5.23. The van der Waals surface area contributed by atoms with Crippen molar-refractivity contribution in [2.24, 2.45) is 0 Å². The van der Waals surface area contributed by atoms with Gasteiger partial charge in [-0.3, -0.25) is 10.1 Å². The van der Waals surface area contributed by atoms with Gasteiger partial charge in [0, 0.05) is 42.7 Å². The smallest absolute Gasteiger partial charge is 0.0726 e. The van der Waals surface area contributed by atoms with Crippen LogP contribution in [-0.2, 0) is 11.3 Å². The quantitative estimate of drug-likeness (QED) is 0.875. The molecule has 2 aromatic rings. The fourth-order valence-electron chi connectivity index (χ4n) is 2.61.